The van der Waals surface area contributed by atoms with Gasteiger partial charge in [-0.05, 0) is 32.4 Å². The van der Waals surface area contributed by atoms with Crippen LogP contribution in [0.4, 0.5) is 30.8 Å². The molecule has 4 rings (SSSR count). The number of halogens is 3. The maximum absolute atomic E-state index is 13.1. The highest BCUT2D eigenvalue weighted by atomic mass is 19.4. The normalized spacial score (nSPS) is 20.7. The van der Waals surface area contributed by atoms with Crippen molar-refractivity contribution in [2.45, 2.75) is 44.9 Å². The van der Waals surface area contributed by atoms with E-state index in [1.807, 2.05) is 18.7 Å². The van der Waals surface area contributed by atoms with Crippen LogP contribution < -0.4 is 10.2 Å². The lowest BCUT2D eigenvalue weighted by atomic mass is 10.0. The first kappa shape index (κ1) is 23.2. The van der Waals surface area contributed by atoms with Crippen LogP contribution >= 0.6 is 0 Å². The molecule has 0 aliphatic carbocycles. The van der Waals surface area contributed by atoms with Crippen LogP contribution in [0.3, 0.4) is 0 Å². The lowest BCUT2D eigenvalue weighted by molar-refractivity contribution is -0.137. The second-order valence-corrected chi connectivity index (χ2v) is 9.01. The molecule has 2 saturated heterocycles. The van der Waals surface area contributed by atoms with Gasteiger partial charge in [0.1, 0.15) is 11.6 Å². The van der Waals surface area contributed by atoms with E-state index in [1.54, 1.807) is 11.0 Å². The maximum Gasteiger partial charge on any atom is 0.416 e. The van der Waals surface area contributed by atoms with Crippen LogP contribution in [0, 0.1) is 0 Å². The van der Waals surface area contributed by atoms with Crippen molar-refractivity contribution >= 4 is 23.5 Å². The highest BCUT2D eigenvalue weighted by Gasteiger charge is 2.32. The highest BCUT2D eigenvalue weighted by molar-refractivity contribution is 5.73. The van der Waals surface area contributed by atoms with Crippen LogP contribution in [-0.2, 0) is 15.7 Å². The Bertz CT molecular complexity index is 1030. The lowest BCUT2D eigenvalue weighted by Crippen LogP contribution is -2.49. The number of amides is 1. The summed E-state index contributed by atoms with van der Waals surface area (Å²) in [7, 11) is 0. The molecule has 1 unspecified atom stereocenters. The van der Waals surface area contributed by atoms with E-state index in [1.165, 1.54) is 6.92 Å². The minimum absolute atomic E-state index is 0.00761. The van der Waals surface area contributed by atoms with Gasteiger partial charge in [-0.2, -0.15) is 18.2 Å². The molecule has 1 N–H and O–H groups in total. The second-order valence-electron chi connectivity index (χ2n) is 9.01. The summed E-state index contributed by atoms with van der Waals surface area (Å²) in [6, 6.07) is 3.60. The summed E-state index contributed by atoms with van der Waals surface area (Å²) >= 11 is 0. The number of rotatable bonds is 4. The van der Waals surface area contributed by atoms with Gasteiger partial charge < -0.3 is 19.9 Å². The molecule has 178 valence electrons. The van der Waals surface area contributed by atoms with Crippen LogP contribution in [0.15, 0.2) is 24.4 Å². The molecule has 11 heteroatoms. The summed E-state index contributed by atoms with van der Waals surface area (Å²) in [6.07, 6.45) is -2.60. The average Bonchev–Trinajstić information content (AvgIpc) is 3.23. The van der Waals surface area contributed by atoms with Gasteiger partial charge in [-0.3, -0.25) is 4.79 Å². The lowest BCUT2D eigenvalue weighted by Gasteiger charge is -2.38. The van der Waals surface area contributed by atoms with Crippen molar-refractivity contribution in [2.24, 2.45) is 0 Å². The molecule has 2 aliphatic rings. The predicted octanol–water partition coefficient (Wildman–Crippen LogP) is 3.59. The highest BCUT2D eigenvalue weighted by Crippen LogP contribution is 2.32. The van der Waals surface area contributed by atoms with Crippen LogP contribution in [0.5, 0.6) is 0 Å². The third-order valence-electron chi connectivity index (χ3n) is 5.84. The maximum atomic E-state index is 13.1. The van der Waals surface area contributed by atoms with Crippen molar-refractivity contribution in [3.63, 3.8) is 0 Å². The quantitative estimate of drug-likeness (QED) is 0.741. The first-order valence-electron chi connectivity index (χ1n) is 10.8. The molecule has 8 nitrogen and oxygen atoms in total. The minimum atomic E-state index is -4.47. The van der Waals surface area contributed by atoms with Crippen molar-refractivity contribution in [2.75, 3.05) is 43.0 Å². The number of hydrogen-bond donors (Lipinski definition) is 1. The summed E-state index contributed by atoms with van der Waals surface area (Å²) in [5.41, 5.74) is -0.438. The molecule has 2 aromatic heterocycles. The molecule has 0 radical (unpaired) electrons. The van der Waals surface area contributed by atoms with Crippen LogP contribution in [0.25, 0.3) is 0 Å². The first-order valence-corrected chi connectivity index (χ1v) is 10.8. The molecule has 1 amide bonds. The molecule has 1 atom stereocenters. The van der Waals surface area contributed by atoms with Gasteiger partial charge in [0.2, 0.25) is 11.9 Å². The van der Waals surface area contributed by atoms with E-state index in [0.717, 1.165) is 30.4 Å². The fourth-order valence-corrected chi connectivity index (χ4v) is 4.15. The Labute approximate surface area is 190 Å². The summed E-state index contributed by atoms with van der Waals surface area (Å²) in [6.45, 7) is 8.37. The van der Waals surface area contributed by atoms with Gasteiger partial charge in [-0.15, -0.1) is 0 Å². The van der Waals surface area contributed by atoms with Gasteiger partial charge >= 0.3 is 6.18 Å². The molecular weight excluding hydrogens is 437 g/mol. The number of nitrogens with zero attached hydrogens (tertiary/aromatic N) is 5. The predicted molar refractivity (Wildman–Crippen MR) is 116 cm³/mol. The fraction of sp³-hybridized carbons (Fsp3) is 0.545. The fourth-order valence-electron chi connectivity index (χ4n) is 4.15. The average molecular weight is 464 g/mol. The number of aromatic nitrogens is 3. The van der Waals surface area contributed by atoms with E-state index >= 15 is 0 Å². The number of carbonyl (C=O) groups is 1. The molecule has 0 spiro atoms. The number of likely N-dealkylation sites (tertiary alicyclic amines) is 1. The molecule has 2 aliphatic heterocycles. The third-order valence-corrected chi connectivity index (χ3v) is 5.84. The van der Waals surface area contributed by atoms with Gasteiger partial charge in [-0.25, -0.2) is 9.97 Å². The Balaban J connectivity index is 1.66. The summed E-state index contributed by atoms with van der Waals surface area (Å²) in [4.78, 5) is 28.9. The van der Waals surface area contributed by atoms with Crippen LogP contribution in [-0.4, -0.2) is 64.1 Å². The molecule has 0 aromatic carbocycles. The van der Waals surface area contributed by atoms with Gasteiger partial charge in [0, 0.05) is 51.3 Å². The van der Waals surface area contributed by atoms with Crippen molar-refractivity contribution < 1.29 is 22.7 Å². The van der Waals surface area contributed by atoms with Gasteiger partial charge in [0.15, 0.2) is 0 Å². The Morgan fingerprint density at radius 1 is 1.21 bits per heavy atom. The minimum Gasteiger partial charge on any atom is -0.372 e. The first-order chi connectivity index (χ1) is 15.5. The molecule has 33 heavy (non-hydrogen) atoms. The largest absolute Gasteiger partial charge is 0.416 e. The molecule has 0 bridgehead atoms. The van der Waals surface area contributed by atoms with E-state index in [9.17, 15) is 18.0 Å². The number of ether oxygens (including phenoxy) is 1. The Hall–Kier alpha value is -2.95. The van der Waals surface area contributed by atoms with E-state index in [4.69, 9.17) is 9.72 Å². The monoisotopic (exact) mass is 464 g/mol. The Kier molecular flexibility index (Phi) is 6.17. The van der Waals surface area contributed by atoms with E-state index in [2.05, 4.69) is 15.3 Å². The van der Waals surface area contributed by atoms with Crippen molar-refractivity contribution in [3.05, 3.63) is 35.7 Å². The summed E-state index contributed by atoms with van der Waals surface area (Å²) in [5, 5.41) is 2.91. The van der Waals surface area contributed by atoms with Crippen molar-refractivity contribution in [1.29, 1.82) is 0 Å². The number of anilines is 3. The topological polar surface area (TPSA) is 83.5 Å². The van der Waals surface area contributed by atoms with Gasteiger partial charge in [0.25, 0.3) is 0 Å². The van der Waals surface area contributed by atoms with Crippen molar-refractivity contribution in [3.8, 4) is 0 Å². The number of carbonyl (C=O) groups excluding carboxylic acids is 1. The Morgan fingerprint density at radius 2 is 2.00 bits per heavy atom. The zero-order valence-corrected chi connectivity index (χ0v) is 18.8. The summed E-state index contributed by atoms with van der Waals surface area (Å²) < 4.78 is 45.2. The number of pyridine rings is 1. The molecule has 2 fully saturated rings. The molecule has 2 aromatic rings. The SMILES string of the molecule is CC(=O)N1CCC(c2cc(Nc3cc(C(F)(F)F)ccn3)nc(N3CCOC(C)(C)C3)n2)C1. The van der Waals surface area contributed by atoms with Crippen LogP contribution in [0.2, 0.25) is 0 Å². The molecule has 0 saturated carbocycles. The van der Waals surface area contributed by atoms with E-state index < -0.39 is 11.7 Å². The molecular formula is C22H27F3N6O2. The van der Waals surface area contributed by atoms with Gasteiger partial charge in [-0.1, -0.05) is 0 Å². The third kappa shape index (κ3) is 5.52. The van der Waals surface area contributed by atoms with E-state index in [-0.39, 0.29) is 23.2 Å². The number of morpholine rings is 1. The number of alkyl halides is 3. The van der Waals surface area contributed by atoms with Gasteiger partial charge in [0.05, 0.1) is 23.5 Å². The summed E-state index contributed by atoms with van der Waals surface area (Å²) in [5.74, 6) is 0.888. The van der Waals surface area contributed by atoms with Crippen LogP contribution in [0.1, 0.15) is 44.4 Å². The zero-order valence-electron chi connectivity index (χ0n) is 18.8. The smallest absolute Gasteiger partial charge is 0.372 e. The number of nitrogens with one attached hydrogen (secondary N) is 1. The number of hydrogen-bond acceptors (Lipinski definition) is 7. The zero-order chi connectivity index (χ0) is 23.8. The Morgan fingerprint density at radius 3 is 2.67 bits per heavy atom. The molecule has 4 heterocycles. The standard InChI is InChI=1S/C22H27F3N6O2/c1-14(32)30-7-5-15(12-30)17-11-19(28-18-10-16(4-6-26-18)22(23,24)25)29-20(27-17)31-8-9-33-21(2,3)13-31/h4,6,10-11,15H,5,7-9,12-13H2,1-3H3,(H,26,27,28,29). The second kappa shape index (κ2) is 8.77. The van der Waals surface area contributed by atoms with E-state index in [0.29, 0.717) is 44.6 Å². The van der Waals surface area contributed by atoms with Crippen molar-refractivity contribution in [1.82, 2.24) is 19.9 Å².